The average molecular weight is 288 g/mol. The number of likely N-dealkylation sites (N-methyl/N-ethyl adjacent to an activating group) is 2. The van der Waals surface area contributed by atoms with Crippen LogP contribution < -0.4 is 0 Å². The molecule has 0 N–H and O–H groups in total. The molecule has 0 bridgehead atoms. The Bertz CT molecular complexity index is 304. The summed E-state index contributed by atoms with van der Waals surface area (Å²) in [6.07, 6.45) is 0. The van der Waals surface area contributed by atoms with Crippen molar-refractivity contribution in [3.63, 3.8) is 0 Å². The van der Waals surface area contributed by atoms with E-state index in [0.29, 0.717) is 13.2 Å². The first kappa shape index (κ1) is 18.9. The molecule has 20 heavy (non-hydrogen) atoms. The fourth-order valence-corrected chi connectivity index (χ4v) is 1.05. The van der Waals surface area contributed by atoms with Crippen molar-refractivity contribution in [1.29, 1.82) is 0 Å². The summed E-state index contributed by atoms with van der Waals surface area (Å²) in [6, 6.07) is 0. The van der Waals surface area contributed by atoms with Gasteiger partial charge in [0.1, 0.15) is 24.5 Å². The Kier molecular flexibility index (Phi) is 7.75. The Morgan fingerprint density at radius 2 is 1.00 bits per heavy atom. The Hall–Kier alpha value is -1.14. The molecule has 0 aromatic carbocycles. The van der Waals surface area contributed by atoms with E-state index in [4.69, 9.17) is 9.68 Å². The van der Waals surface area contributed by atoms with Gasteiger partial charge in [0.15, 0.2) is 13.2 Å². The van der Waals surface area contributed by atoms with Crippen LogP contribution in [-0.4, -0.2) is 89.0 Å². The zero-order chi connectivity index (χ0) is 15.8. The van der Waals surface area contributed by atoms with Gasteiger partial charge in [0.2, 0.25) is 0 Å². The van der Waals surface area contributed by atoms with Crippen LogP contribution in [0.5, 0.6) is 0 Å². The zero-order valence-electron chi connectivity index (χ0n) is 14.4. The van der Waals surface area contributed by atoms with Crippen LogP contribution in [0.3, 0.4) is 0 Å². The van der Waals surface area contributed by atoms with Gasteiger partial charge in [-0.05, 0) is 13.8 Å². The van der Waals surface area contributed by atoms with Crippen molar-refractivity contribution >= 4 is 11.4 Å². The topological polar surface area (TPSA) is 43.2 Å². The third-order valence-corrected chi connectivity index (χ3v) is 2.63. The lowest BCUT2D eigenvalue weighted by atomic mass is 10.3. The number of hydrogen-bond acceptors (Lipinski definition) is 4. The largest absolute Gasteiger partial charge is 0.390 e. The maximum Gasteiger partial charge on any atom is 0.165 e. The molecule has 0 aromatic rings. The molecule has 118 valence electrons. The Labute approximate surface area is 123 Å². The van der Waals surface area contributed by atoms with Crippen LogP contribution in [0.15, 0.2) is 10.3 Å². The second-order valence-electron chi connectivity index (χ2n) is 7.05. The molecule has 0 spiro atoms. The van der Waals surface area contributed by atoms with Crippen LogP contribution in [-0.2, 0) is 9.68 Å². The summed E-state index contributed by atoms with van der Waals surface area (Å²) in [6.45, 7) is 6.74. The summed E-state index contributed by atoms with van der Waals surface area (Å²) in [7, 11) is 12.7. The first-order valence-electron chi connectivity index (χ1n) is 6.96. The minimum atomic E-state index is 0.594. The van der Waals surface area contributed by atoms with Gasteiger partial charge in [-0.15, -0.1) is 0 Å². The van der Waals surface area contributed by atoms with E-state index in [1.165, 1.54) is 0 Å². The van der Waals surface area contributed by atoms with Gasteiger partial charge in [-0.1, -0.05) is 10.3 Å². The van der Waals surface area contributed by atoms with E-state index in [0.717, 1.165) is 33.5 Å². The number of hydrogen-bond donors (Lipinski definition) is 0. The molecule has 0 aliphatic rings. The maximum absolute atomic E-state index is 5.29. The van der Waals surface area contributed by atoms with Crippen LogP contribution in [0.1, 0.15) is 13.8 Å². The highest BCUT2D eigenvalue weighted by Gasteiger charge is 2.07. The summed E-state index contributed by atoms with van der Waals surface area (Å²) in [5.41, 5.74) is 1.49. The van der Waals surface area contributed by atoms with Crippen molar-refractivity contribution in [3.8, 4) is 0 Å². The summed E-state index contributed by atoms with van der Waals surface area (Å²) in [5.74, 6) is 0. The predicted molar refractivity (Wildman–Crippen MR) is 83.9 cm³/mol. The molecule has 0 amide bonds. The van der Waals surface area contributed by atoms with Crippen LogP contribution in [0.2, 0.25) is 0 Å². The summed E-state index contributed by atoms with van der Waals surface area (Å²) >= 11 is 0. The predicted octanol–water partition coefficient (Wildman–Crippen LogP) is 1.18. The van der Waals surface area contributed by atoms with E-state index >= 15 is 0 Å². The van der Waals surface area contributed by atoms with Crippen molar-refractivity contribution in [2.75, 3.05) is 68.6 Å². The SMILES string of the molecule is CC(=N/OCC[N+](C)(C)C)/C(C)=N\OCC[N+](C)(C)C. The minimum Gasteiger partial charge on any atom is -0.390 e. The third-order valence-electron chi connectivity index (χ3n) is 2.63. The van der Waals surface area contributed by atoms with Crippen LogP contribution >= 0.6 is 0 Å². The van der Waals surface area contributed by atoms with E-state index in [2.05, 4.69) is 52.6 Å². The molecular weight excluding hydrogens is 256 g/mol. The van der Waals surface area contributed by atoms with Crippen molar-refractivity contribution in [2.45, 2.75) is 13.8 Å². The van der Waals surface area contributed by atoms with E-state index in [1.54, 1.807) is 0 Å². The third kappa shape index (κ3) is 11.9. The molecule has 0 unspecified atom stereocenters. The number of quaternary nitrogens is 2. The molecule has 0 radical (unpaired) electrons. The molecule has 0 aliphatic heterocycles. The highest BCUT2D eigenvalue weighted by Crippen LogP contribution is 1.94. The first-order valence-corrected chi connectivity index (χ1v) is 6.96. The molecule has 0 aliphatic carbocycles. The summed E-state index contributed by atoms with van der Waals surface area (Å²) in [5, 5.41) is 8.09. The van der Waals surface area contributed by atoms with Gasteiger partial charge < -0.3 is 18.6 Å². The monoisotopic (exact) mass is 288 g/mol. The molecule has 0 rings (SSSR count). The van der Waals surface area contributed by atoms with Gasteiger partial charge in [-0.25, -0.2) is 0 Å². The lowest BCUT2D eigenvalue weighted by molar-refractivity contribution is -0.870. The van der Waals surface area contributed by atoms with Gasteiger partial charge >= 0.3 is 0 Å². The van der Waals surface area contributed by atoms with Crippen molar-refractivity contribution < 1.29 is 18.6 Å². The van der Waals surface area contributed by atoms with Crippen molar-refractivity contribution in [3.05, 3.63) is 0 Å². The second-order valence-corrected chi connectivity index (χ2v) is 7.05. The van der Waals surface area contributed by atoms with E-state index < -0.39 is 0 Å². The number of nitrogens with zero attached hydrogens (tertiary/aromatic N) is 4. The molecule has 0 saturated heterocycles. The quantitative estimate of drug-likeness (QED) is 0.277. The van der Waals surface area contributed by atoms with Gasteiger partial charge in [-0.2, -0.15) is 0 Å². The van der Waals surface area contributed by atoms with Gasteiger partial charge in [0, 0.05) is 0 Å². The lowest BCUT2D eigenvalue weighted by Gasteiger charge is -2.22. The molecule has 6 nitrogen and oxygen atoms in total. The van der Waals surface area contributed by atoms with Crippen molar-refractivity contribution in [1.82, 2.24) is 0 Å². The molecule has 0 fully saturated rings. The number of oxime groups is 2. The molecule has 0 heterocycles. The standard InChI is InChI=1S/C14H32N4O2/c1-13(15-19-11-9-17(3,4)5)14(2)16-20-12-10-18(6,7)8/h9-12H2,1-8H3/q+2/b15-13-,16-14-. The molecule has 0 aromatic heterocycles. The zero-order valence-corrected chi connectivity index (χ0v) is 14.4. The second kappa shape index (κ2) is 8.21. The summed E-state index contributed by atoms with van der Waals surface area (Å²) < 4.78 is 1.71. The normalized spacial score (nSPS) is 14.4. The highest BCUT2D eigenvalue weighted by atomic mass is 16.6. The van der Waals surface area contributed by atoms with Crippen molar-refractivity contribution in [2.24, 2.45) is 10.3 Å². The fraction of sp³-hybridized carbons (Fsp3) is 0.857. The Morgan fingerprint density at radius 1 is 0.700 bits per heavy atom. The Balaban J connectivity index is 4.03. The Morgan fingerprint density at radius 3 is 1.25 bits per heavy atom. The van der Waals surface area contributed by atoms with Crippen LogP contribution in [0, 0.1) is 0 Å². The van der Waals surface area contributed by atoms with Gasteiger partial charge in [0.25, 0.3) is 0 Å². The van der Waals surface area contributed by atoms with Gasteiger partial charge in [-0.3, -0.25) is 0 Å². The smallest absolute Gasteiger partial charge is 0.165 e. The van der Waals surface area contributed by atoms with E-state index in [-0.39, 0.29) is 0 Å². The van der Waals surface area contributed by atoms with Gasteiger partial charge in [0.05, 0.1) is 42.3 Å². The molecule has 6 heteroatoms. The highest BCUT2D eigenvalue weighted by molar-refractivity contribution is 6.40. The minimum absolute atomic E-state index is 0.594. The molecule has 0 saturated carbocycles. The lowest BCUT2D eigenvalue weighted by Crippen LogP contribution is -2.37. The van der Waals surface area contributed by atoms with Crippen LogP contribution in [0.4, 0.5) is 0 Å². The van der Waals surface area contributed by atoms with E-state index in [1.807, 2.05) is 13.8 Å². The maximum atomic E-state index is 5.29. The first-order chi connectivity index (χ1) is 9.01. The summed E-state index contributed by atoms with van der Waals surface area (Å²) in [4.78, 5) is 10.6. The van der Waals surface area contributed by atoms with Crippen LogP contribution in [0.25, 0.3) is 0 Å². The molecular formula is C14H32N4O2+2. The average Bonchev–Trinajstić information content (AvgIpc) is 2.27. The fourth-order valence-electron chi connectivity index (χ4n) is 1.05. The molecule has 0 atom stereocenters. The number of rotatable bonds is 9. The van der Waals surface area contributed by atoms with E-state index in [9.17, 15) is 0 Å².